The smallest absolute Gasteiger partial charge is 0.166 e. The number of alkyl halides is 1. The Kier molecular flexibility index (Phi) is 5.98. The van der Waals surface area contributed by atoms with Crippen LogP contribution >= 0.6 is 34.2 Å². The third-order valence-corrected chi connectivity index (χ3v) is 3.81. The standard InChI is InChI=1S/C16H16ClIO2/c1-2-19-15-5-3-4-13(10-17)16(15)20-11-12-6-8-14(18)9-7-12/h3-9H,2,10-11H2,1H3. The average Bonchev–Trinajstić information content (AvgIpc) is 2.47. The molecule has 2 rings (SSSR count). The minimum atomic E-state index is 0.406. The van der Waals surface area contributed by atoms with E-state index < -0.39 is 0 Å². The molecule has 0 saturated heterocycles. The van der Waals surface area contributed by atoms with Gasteiger partial charge in [-0.15, -0.1) is 11.6 Å². The Morgan fingerprint density at radius 3 is 2.45 bits per heavy atom. The van der Waals surface area contributed by atoms with Gasteiger partial charge in [0, 0.05) is 9.13 Å². The SMILES string of the molecule is CCOc1cccc(CCl)c1OCc1ccc(I)cc1. The van der Waals surface area contributed by atoms with Crippen molar-refractivity contribution in [3.05, 3.63) is 57.2 Å². The number of para-hydroxylation sites is 1. The molecule has 0 atom stereocenters. The predicted octanol–water partition coefficient (Wildman–Crippen LogP) is 5.01. The van der Waals surface area contributed by atoms with Crippen molar-refractivity contribution in [1.29, 1.82) is 0 Å². The van der Waals surface area contributed by atoms with Crippen LogP contribution in [0.15, 0.2) is 42.5 Å². The van der Waals surface area contributed by atoms with Gasteiger partial charge in [0.1, 0.15) is 6.61 Å². The third-order valence-electron chi connectivity index (χ3n) is 2.80. The Balaban J connectivity index is 2.16. The molecule has 0 N–H and O–H groups in total. The van der Waals surface area contributed by atoms with E-state index in [1.165, 1.54) is 3.57 Å². The molecule has 0 bridgehead atoms. The van der Waals surface area contributed by atoms with E-state index in [0.717, 1.165) is 22.6 Å². The molecule has 0 amide bonds. The Morgan fingerprint density at radius 2 is 1.80 bits per heavy atom. The number of benzene rings is 2. The van der Waals surface area contributed by atoms with Gasteiger partial charge >= 0.3 is 0 Å². The first-order valence-electron chi connectivity index (χ1n) is 6.42. The summed E-state index contributed by atoms with van der Waals surface area (Å²) in [5, 5.41) is 0. The van der Waals surface area contributed by atoms with Crippen LogP contribution < -0.4 is 9.47 Å². The zero-order valence-corrected chi connectivity index (χ0v) is 14.1. The Morgan fingerprint density at radius 1 is 1.05 bits per heavy atom. The molecule has 4 heteroatoms. The third kappa shape index (κ3) is 4.03. The number of rotatable bonds is 6. The summed E-state index contributed by atoms with van der Waals surface area (Å²) in [4.78, 5) is 0. The van der Waals surface area contributed by atoms with Crippen molar-refractivity contribution in [2.75, 3.05) is 6.61 Å². The second-order valence-electron chi connectivity index (χ2n) is 4.23. The predicted molar refractivity (Wildman–Crippen MR) is 90.7 cm³/mol. The summed E-state index contributed by atoms with van der Waals surface area (Å²) in [7, 11) is 0. The maximum atomic E-state index is 5.97. The molecule has 0 fully saturated rings. The summed E-state index contributed by atoms with van der Waals surface area (Å²) in [6.07, 6.45) is 0. The van der Waals surface area contributed by atoms with Gasteiger partial charge in [0.25, 0.3) is 0 Å². The van der Waals surface area contributed by atoms with Gasteiger partial charge in [0.15, 0.2) is 11.5 Å². The molecule has 0 saturated carbocycles. The lowest BCUT2D eigenvalue weighted by Crippen LogP contribution is -2.02. The highest BCUT2D eigenvalue weighted by molar-refractivity contribution is 14.1. The number of hydrogen-bond donors (Lipinski definition) is 0. The van der Waals surface area contributed by atoms with Crippen LogP contribution in [0.2, 0.25) is 0 Å². The number of halogens is 2. The van der Waals surface area contributed by atoms with E-state index >= 15 is 0 Å². The minimum absolute atomic E-state index is 0.406. The first-order chi connectivity index (χ1) is 9.74. The lowest BCUT2D eigenvalue weighted by Gasteiger charge is -2.15. The van der Waals surface area contributed by atoms with Crippen LogP contribution in [-0.4, -0.2) is 6.61 Å². The zero-order chi connectivity index (χ0) is 14.4. The van der Waals surface area contributed by atoms with Crippen molar-refractivity contribution in [2.45, 2.75) is 19.4 Å². The van der Waals surface area contributed by atoms with Crippen LogP contribution in [0.25, 0.3) is 0 Å². The van der Waals surface area contributed by atoms with E-state index in [1.54, 1.807) is 0 Å². The quantitative estimate of drug-likeness (QED) is 0.500. The van der Waals surface area contributed by atoms with Crippen molar-refractivity contribution in [3.63, 3.8) is 0 Å². The first-order valence-corrected chi connectivity index (χ1v) is 8.03. The molecular formula is C16H16ClIO2. The Bertz CT molecular complexity index is 555. The molecule has 0 aromatic heterocycles. The van der Waals surface area contributed by atoms with Gasteiger partial charge < -0.3 is 9.47 Å². The van der Waals surface area contributed by atoms with Gasteiger partial charge in [-0.1, -0.05) is 24.3 Å². The van der Waals surface area contributed by atoms with Crippen LogP contribution in [0.3, 0.4) is 0 Å². The zero-order valence-electron chi connectivity index (χ0n) is 11.2. The van der Waals surface area contributed by atoms with E-state index in [-0.39, 0.29) is 0 Å². The summed E-state index contributed by atoms with van der Waals surface area (Å²) in [6.45, 7) is 3.06. The molecule has 2 aromatic rings. The Labute approximate surface area is 138 Å². The first kappa shape index (κ1) is 15.4. The van der Waals surface area contributed by atoms with E-state index in [1.807, 2.05) is 25.1 Å². The van der Waals surface area contributed by atoms with Gasteiger partial charge in [-0.05, 0) is 53.3 Å². The summed E-state index contributed by atoms with van der Waals surface area (Å²) < 4.78 is 12.7. The fourth-order valence-corrected chi connectivity index (χ4v) is 2.41. The van der Waals surface area contributed by atoms with Crippen LogP contribution in [-0.2, 0) is 12.5 Å². The normalized spacial score (nSPS) is 10.3. The van der Waals surface area contributed by atoms with Crippen molar-refractivity contribution >= 4 is 34.2 Å². The van der Waals surface area contributed by atoms with Crippen molar-refractivity contribution in [3.8, 4) is 11.5 Å². The van der Waals surface area contributed by atoms with Gasteiger partial charge in [0.05, 0.1) is 12.5 Å². The van der Waals surface area contributed by atoms with E-state index in [4.69, 9.17) is 21.1 Å². The van der Waals surface area contributed by atoms with Crippen LogP contribution in [0.1, 0.15) is 18.1 Å². The molecule has 0 radical (unpaired) electrons. The van der Waals surface area contributed by atoms with Crippen LogP contribution in [0.5, 0.6) is 11.5 Å². The molecule has 106 valence electrons. The minimum Gasteiger partial charge on any atom is -0.490 e. The van der Waals surface area contributed by atoms with Gasteiger partial charge in [0.2, 0.25) is 0 Å². The molecule has 0 aliphatic rings. The van der Waals surface area contributed by atoms with Crippen LogP contribution in [0, 0.1) is 3.57 Å². The molecule has 0 heterocycles. The fourth-order valence-electron chi connectivity index (χ4n) is 1.84. The van der Waals surface area contributed by atoms with Gasteiger partial charge in [-0.3, -0.25) is 0 Å². The lowest BCUT2D eigenvalue weighted by atomic mass is 10.2. The lowest BCUT2D eigenvalue weighted by molar-refractivity contribution is 0.267. The molecule has 0 spiro atoms. The highest BCUT2D eigenvalue weighted by atomic mass is 127. The maximum absolute atomic E-state index is 5.97. The van der Waals surface area contributed by atoms with Crippen LogP contribution in [0.4, 0.5) is 0 Å². The monoisotopic (exact) mass is 402 g/mol. The number of ether oxygens (including phenoxy) is 2. The molecule has 0 aliphatic heterocycles. The van der Waals surface area contributed by atoms with Gasteiger partial charge in [-0.2, -0.15) is 0 Å². The molecule has 20 heavy (non-hydrogen) atoms. The van der Waals surface area contributed by atoms with Gasteiger partial charge in [-0.25, -0.2) is 0 Å². The second-order valence-corrected chi connectivity index (χ2v) is 5.74. The second kappa shape index (κ2) is 7.74. The average molecular weight is 403 g/mol. The van der Waals surface area contributed by atoms with Crippen molar-refractivity contribution in [1.82, 2.24) is 0 Å². The largest absolute Gasteiger partial charge is 0.490 e. The summed E-state index contributed by atoms with van der Waals surface area (Å²) >= 11 is 8.26. The molecule has 2 nitrogen and oxygen atoms in total. The van der Waals surface area contributed by atoms with E-state index in [0.29, 0.717) is 19.1 Å². The summed E-state index contributed by atoms with van der Waals surface area (Å²) in [6, 6.07) is 14.0. The van der Waals surface area contributed by atoms with E-state index in [9.17, 15) is 0 Å². The molecular weight excluding hydrogens is 387 g/mol. The van der Waals surface area contributed by atoms with Crippen molar-refractivity contribution < 1.29 is 9.47 Å². The van der Waals surface area contributed by atoms with E-state index in [2.05, 4.69) is 46.9 Å². The summed E-state index contributed by atoms with van der Waals surface area (Å²) in [5.41, 5.74) is 2.07. The topological polar surface area (TPSA) is 18.5 Å². The van der Waals surface area contributed by atoms with Crippen molar-refractivity contribution in [2.24, 2.45) is 0 Å². The molecule has 0 unspecified atom stereocenters. The maximum Gasteiger partial charge on any atom is 0.166 e. The number of hydrogen-bond acceptors (Lipinski definition) is 2. The Hall–Kier alpha value is -0.940. The highest BCUT2D eigenvalue weighted by Gasteiger charge is 2.10. The molecule has 2 aromatic carbocycles. The highest BCUT2D eigenvalue weighted by Crippen LogP contribution is 2.33. The molecule has 0 aliphatic carbocycles. The fraction of sp³-hybridized carbons (Fsp3) is 0.250. The summed E-state index contributed by atoms with van der Waals surface area (Å²) in [5.74, 6) is 1.89.